The molecule has 1 N–H and O–H groups in total. The highest BCUT2D eigenvalue weighted by Gasteiger charge is 2.18. The number of rotatable bonds is 1. The first-order chi connectivity index (χ1) is 9.66. The number of ether oxygens (including phenoxy) is 1. The van der Waals surface area contributed by atoms with Crippen molar-refractivity contribution in [2.24, 2.45) is 0 Å². The van der Waals surface area contributed by atoms with Crippen LogP contribution in [-0.2, 0) is 0 Å². The first-order valence-corrected chi connectivity index (χ1v) is 6.71. The lowest BCUT2D eigenvalue weighted by molar-refractivity contribution is 0.0957. The molecule has 0 atom stereocenters. The van der Waals surface area contributed by atoms with Gasteiger partial charge in [-0.2, -0.15) is 0 Å². The average molecular weight is 289 g/mol. The largest absolute Gasteiger partial charge is 0.491 e. The average Bonchev–Trinajstić information content (AvgIpc) is 2.64. The quantitative estimate of drug-likeness (QED) is 0.878. The number of hydrogen-bond acceptors (Lipinski definition) is 3. The molecule has 1 aromatic heterocycles. The SMILES string of the molecule is Cc1ccnc(-c2ccc3c(c2)C(=O)NCCO3)c1Cl. The van der Waals surface area contributed by atoms with Gasteiger partial charge in [-0.3, -0.25) is 9.78 Å². The predicted octanol–water partition coefficient (Wildman–Crippen LogP) is 2.83. The summed E-state index contributed by atoms with van der Waals surface area (Å²) in [5.74, 6) is 0.454. The number of hydrogen-bond donors (Lipinski definition) is 1. The van der Waals surface area contributed by atoms with Crippen LogP contribution in [0.5, 0.6) is 5.75 Å². The van der Waals surface area contributed by atoms with Gasteiger partial charge in [0, 0.05) is 11.8 Å². The highest BCUT2D eigenvalue weighted by atomic mass is 35.5. The van der Waals surface area contributed by atoms with E-state index in [0.29, 0.717) is 35.2 Å². The predicted molar refractivity (Wildman–Crippen MR) is 77.2 cm³/mol. The summed E-state index contributed by atoms with van der Waals surface area (Å²) in [6.07, 6.45) is 1.71. The van der Waals surface area contributed by atoms with Gasteiger partial charge in [-0.15, -0.1) is 0 Å². The summed E-state index contributed by atoms with van der Waals surface area (Å²) in [7, 11) is 0. The Morgan fingerprint density at radius 1 is 1.35 bits per heavy atom. The van der Waals surface area contributed by atoms with Crippen LogP contribution in [0.15, 0.2) is 30.5 Å². The van der Waals surface area contributed by atoms with E-state index in [1.807, 2.05) is 19.1 Å². The van der Waals surface area contributed by atoms with Gasteiger partial charge in [-0.25, -0.2) is 0 Å². The summed E-state index contributed by atoms with van der Waals surface area (Å²) in [6, 6.07) is 7.27. The number of aromatic nitrogens is 1. The lowest BCUT2D eigenvalue weighted by Crippen LogP contribution is -2.24. The van der Waals surface area contributed by atoms with E-state index in [-0.39, 0.29) is 5.91 Å². The third-order valence-corrected chi connectivity index (χ3v) is 3.70. The van der Waals surface area contributed by atoms with Gasteiger partial charge in [0.2, 0.25) is 0 Å². The minimum atomic E-state index is -0.136. The highest BCUT2D eigenvalue weighted by molar-refractivity contribution is 6.33. The Hall–Kier alpha value is -2.07. The maximum absolute atomic E-state index is 12.0. The number of nitrogens with zero attached hydrogens (tertiary/aromatic N) is 1. The molecule has 5 heteroatoms. The second-order valence-corrected chi connectivity index (χ2v) is 4.98. The molecule has 0 aliphatic carbocycles. The number of halogens is 1. The van der Waals surface area contributed by atoms with Crippen LogP contribution in [0.1, 0.15) is 15.9 Å². The Morgan fingerprint density at radius 2 is 2.20 bits per heavy atom. The second-order valence-electron chi connectivity index (χ2n) is 4.61. The minimum Gasteiger partial charge on any atom is -0.491 e. The summed E-state index contributed by atoms with van der Waals surface area (Å²) in [5, 5.41) is 3.39. The van der Waals surface area contributed by atoms with Crippen LogP contribution in [0.4, 0.5) is 0 Å². The van der Waals surface area contributed by atoms with E-state index in [0.717, 1.165) is 11.1 Å². The monoisotopic (exact) mass is 288 g/mol. The van der Waals surface area contributed by atoms with E-state index in [2.05, 4.69) is 10.3 Å². The number of fused-ring (bicyclic) bond motifs is 1. The Kier molecular flexibility index (Phi) is 3.32. The molecule has 1 aromatic carbocycles. The molecule has 0 fully saturated rings. The molecule has 1 aliphatic heterocycles. The Morgan fingerprint density at radius 3 is 3.05 bits per heavy atom. The Labute approximate surface area is 121 Å². The van der Waals surface area contributed by atoms with Gasteiger partial charge in [0.25, 0.3) is 5.91 Å². The van der Waals surface area contributed by atoms with E-state index in [1.165, 1.54) is 0 Å². The number of carbonyl (C=O) groups excluding carboxylic acids is 1. The molecule has 0 saturated carbocycles. The van der Waals surface area contributed by atoms with E-state index in [1.54, 1.807) is 18.3 Å². The van der Waals surface area contributed by atoms with Crippen molar-refractivity contribution in [1.29, 1.82) is 0 Å². The van der Waals surface area contributed by atoms with Crippen LogP contribution in [0.3, 0.4) is 0 Å². The molecule has 3 rings (SSSR count). The van der Waals surface area contributed by atoms with Crippen LogP contribution in [0, 0.1) is 6.92 Å². The standard InChI is InChI=1S/C15H13ClN2O2/c1-9-4-5-17-14(13(9)16)10-2-3-12-11(8-10)15(19)18-6-7-20-12/h2-5,8H,6-7H2,1H3,(H,18,19). The normalized spacial score (nSPS) is 14.0. The fourth-order valence-corrected chi connectivity index (χ4v) is 2.36. The van der Waals surface area contributed by atoms with Crippen LogP contribution in [0.2, 0.25) is 5.02 Å². The molecule has 0 unspecified atom stereocenters. The van der Waals surface area contributed by atoms with Gasteiger partial charge in [0.05, 0.1) is 22.8 Å². The molecule has 0 radical (unpaired) electrons. The van der Waals surface area contributed by atoms with E-state index in [4.69, 9.17) is 16.3 Å². The molecule has 0 saturated heterocycles. The van der Waals surface area contributed by atoms with Gasteiger partial charge >= 0.3 is 0 Å². The van der Waals surface area contributed by atoms with Gasteiger partial charge in [-0.1, -0.05) is 11.6 Å². The van der Waals surface area contributed by atoms with Crippen LogP contribution in [0.25, 0.3) is 11.3 Å². The fraction of sp³-hybridized carbons (Fsp3) is 0.200. The molecular formula is C15H13ClN2O2. The zero-order valence-corrected chi connectivity index (χ0v) is 11.7. The zero-order chi connectivity index (χ0) is 14.1. The molecule has 2 aromatic rings. The number of carbonyl (C=O) groups is 1. The van der Waals surface area contributed by atoms with Crippen molar-refractivity contribution in [2.75, 3.05) is 13.2 Å². The first-order valence-electron chi connectivity index (χ1n) is 6.33. The number of benzene rings is 1. The zero-order valence-electron chi connectivity index (χ0n) is 10.9. The lowest BCUT2D eigenvalue weighted by Gasteiger charge is -2.09. The summed E-state index contributed by atoms with van der Waals surface area (Å²) in [6.45, 7) is 2.90. The summed E-state index contributed by atoms with van der Waals surface area (Å²) in [4.78, 5) is 16.3. The van der Waals surface area contributed by atoms with Crippen LogP contribution < -0.4 is 10.1 Å². The maximum atomic E-state index is 12.0. The molecule has 0 bridgehead atoms. The van der Waals surface area contributed by atoms with Gasteiger partial charge in [-0.05, 0) is 36.8 Å². The van der Waals surface area contributed by atoms with E-state index >= 15 is 0 Å². The van der Waals surface area contributed by atoms with Crippen molar-refractivity contribution in [2.45, 2.75) is 6.92 Å². The number of aryl methyl sites for hydroxylation is 1. The van der Waals surface area contributed by atoms with Crippen molar-refractivity contribution < 1.29 is 9.53 Å². The molecule has 2 heterocycles. The van der Waals surface area contributed by atoms with Gasteiger partial charge < -0.3 is 10.1 Å². The van der Waals surface area contributed by atoms with Crippen molar-refractivity contribution in [3.63, 3.8) is 0 Å². The third-order valence-electron chi connectivity index (χ3n) is 3.23. The molecule has 0 spiro atoms. The topological polar surface area (TPSA) is 51.2 Å². The number of nitrogens with one attached hydrogen (secondary N) is 1. The van der Waals surface area contributed by atoms with Crippen molar-refractivity contribution in [3.05, 3.63) is 46.6 Å². The van der Waals surface area contributed by atoms with Crippen LogP contribution in [-0.4, -0.2) is 24.0 Å². The van der Waals surface area contributed by atoms with E-state index in [9.17, 15) is 4.79 Å². The first kappa shape index (κ1) is 12.9. The minimum absolute atomic E-state index is 0.136. The number of amides is 1. The highest BCUT2D eigenvalue weighted by Crippen LogP contribution is 2.31. The van der Waals surface area contributed by atoms with Crippen LogP contribution >= 0.6 is 11.6 Å². The lowest BCUT2D eigenvalue weighted by atomic mass is 10.0. The van der Waals surface area contributed by atoms with Gasteiger partial charge in [0.1, 0.15) is 12.4 Å². The Balaban J connectivity index is 2.12. The summed E-state index contributed by atoms with van der Waals surface area (Å²) in [5.41, 5.74) is 2.94. The number of pyridine rings is 1. The smallest absolute Gasteiger partial charge is 0.255 e. The second kappa shape index (κ2) is 5.13. The fourth-order valence-electron chi connectivity index (χ4n) is 2.14. The van der Waals surface area contributed by atoms with Crippen molar-refractivity contribution in [3.8, 4) is 17.0 Å². The maximum Gasteiger partial charge on any atom is 0.255 e. The molecular weight excluding hydrogens is 276 g/mol. The van der Waals surface area contributed by atoms with Gasteiger partial charge in [0.15, 0.2) is 0 Å². The summed E-state index contributed by atoms with van der Waals surface area (Å²) >= 11 is 6.29. The van der Waals surface area contributed by atoms with Crippen molar-refractivity contribution >= 4 is 17.5 Å². The Bertz CT molecular complexity index is 686. The van der Waals surface area contributed by atoms with E-state index < -0.39 is 0 Å². The van der Waals surface area contributed by atoms with Crippen molar-refractivity contribution in [1.82, 2.24) is 10.3 Å². The molecule has 1 aliphatic rings. The molecule has 1 amide bonds. The molecule has 4 nitrogen and oxygen atoms in total. The molecule has 20 heavy (non-hydrogen) atoms. The molecule has 102 valence electrons. The summed E-state index contributed by atoms with van der Waals surface area (Å²) < 4.78 is 5.53. The third kappa shape index (κ3) is 2.23.